The van der Waals surface area contributed by atoms with E-state index < -0.39 is 0 Å². The van der Waals surface area contributed by atoms with E-state index in [1.54, 1.807) is 18.6 Å². The van der Waals surface area contributed by atoms with Gasteiger partial charge in [0, 0.05) is 52.5 Å². The Morgan fingerprint density at radius 1 is 1.00 bits per heavy atom. The molecule has 0 saturated carbocycles. The Morgan fingerprint density at radius 2 is 1.65 bits per heavy atom. The molecule has 2 aromatic heterocycles. The van der Waals surface area contributed by atoms with Crippen LogP contribution in [-0.4, -0.2) is 55.2 Å². The van der Waals surface area contributed by atoms with Crippen molar-refractivity contribution in [3.8, 4) is 6.07 Å². The van der Waals surface area contributed by atoms with Crippen molar-refractivity contribution < 1.29 is 0 Å². The third-order valence-corrected chi connectivity index (χ3v) is 3.90. The van der Waals surface area contributed by atoms with Gasteiger partial charge in [-0.1, -0.05) is 0 Å². The molecular formula is C16H19N7. The molecule has 0 radical (unpaired) electrons. The van der Waals surface area contributed by atoms with Crippen molar-refractivity contribution in [2.24, 2.45) is 0 Å². The summed E-state index contributed by atoms with van der Waals surface area (Å²) in [6, 6.07) is 7.73. The van der Waals surface area contributed by atoms with Crippen LogP contribution in [0.1, 0.15) is 5.56 Å². The van der Waals surface area contributed by atoms with Gasteiger partial charge in [0.15, 0.2) is 0 Å². The molecule has 0 atom stereocenters. The molecule has 1 aliphatic heterocycles. The van der Waals surface area contributed by atoms with E-state index in [-0.39, 0.29) is 0 Å². The van der Waals surface area contributed by atoms with Crippen molar-refractivity contribution in [2.45, 2.75) is 0 Å². The van der Waals surface area contributed by atoms with Gasteiger partial charge in [-0.05, 0) is 12.1 Å². The topological polar surface area (TPSA) is 72.2 Å². The van der Waals surface area contributed by atoms with Crippen molar-refractivity contribution >= 4 is 17.5 Å². The lowest BCUT2D eigenvalue weighted by Crippen LogP contribution is -2.47. The van der Waals surface area contributed by atoms with Crippen LogP contribution >= 0.6 is 0 Å². The second-order valence-corrected chi connectivity index (χ2v) is 5.62. The molecule has 0 bridgehead atoms. The minimum atomic E-state index is 0.642. The minimum Gasteiger partial charge on any atom is -0.363 e. The highest BCUT2D eigenvalue weighted by Gasteiger charge is 2.19. The van der Waals surface area contributed by atoms with Crippen LogP contribution < -0.4 is 14.7 Å². The normalized spacial score (nSPS) is 14.5. The van der Waals surface area contributed by atoms with E-state index in [1.807, 2.05) is 31.1 Å². The SMILES string of the molecule is CN(C)c1cc(N2CCN(c3cc(C#N)ccn3)CC2)ncn1. The van der Waals surface area contributed by atoms with E-state index in [0.29, 0.717) is 5.56 Å². The lowest BCUT2D eigenvalue weighted by molar-refractivity contribution is 0.641. The first-order valence-corrected chi connectivity index (χ1v) is 7.53. The fourth-order valence-corrected chi connectivity index (χ4v) is 2.58. The highest BCUT2D eigenvalue weighted by atomic mass is 15.3. The number of nitriles is 1. The fourth-order valence-electron chi connectivity index (χ4n) is 2.58. The molecule has 1 fully saturated rings. The van der Waals surface area contributed by atoms with Gasteiger partial charge < -0.3 is 14.7 Å². The van der Waals surface area contributed by atoms with E-state index in [2.05, 4.69) is 30.8 Å². The first-order chi connectivity index (χ1) is 11.2. The summed E-state index contributed by atoms with van der Waals surface area (Å²) in [5.41, 5.74) is 0.642. The molecule has 1 aliphatic rings. The van der Waals surface area contributed by atoms with E-state index in [0.717, 1.165) is 43.6 Å². The van der Waals surface area contributed by atoms with Crippen LogP contribution in [0.2, 0.25) is 0 Å². The summed E-state index contributed by atoms with van der Waals surface area (Å²) in [5.74, 6) is 2.71. The van der Waals surface area contributed by atoms with Crippen molar-refractivity contribution in [1.29, 1.82) is 5.26 Å². The van der Waals surface area contributed by atoms with E-state index in [9.17, 15) is 0 Å². The molecule has 0 aliphatic carbocycles. The van der Waals surface area contributed by atoms with Gasteiger partial charge in [0.1, 0.15) is 23.8 Å². The minimum absolute atomic E-state index is 0.642. The first-order valence-electron chi connectivity index (χ1n) is 7.53. The van der Waals surface area contributed by atoms with E-state index in [4.69, 9.17) is 5.26 Å². The number of hydrogen-bond donors (Lipinski definition) is 0. The van der Waals surface area contributed by atoms with Gasteiger partial charge in [0.25, 0.3) is 0 Å². The largest absolute Gasteiger partial charge is 0.363 e. The second kappa shape index (κ2) is 6.48. The predicted molar refractivity (Wildman–Crippen MR) is 89.7 cm³/mol. The van der Waals surface area contributed by atoms with Crippen LogP contribution in [0.4, 0.5) is 17.5 Å². The van der Waals surface area contributed by atoms with Crippen molar-refractivity contribution in [1.82, 2.24) is 15.0 Å². The number of hydrogen-bond acceptors (Lipinski definition) is 7. The predicted octanol–water partition coefficient (Wildman–Crippen LogP) is 1.14. The van der Waals surface area contributed by atoms with Gasteiger partial charge in [-0.15, -0.1) is 0 Å². The summed E-state index contributed by atoms with van der Waals surface area (Å²) in [7, 11) is 3.94. The highest BCUT2D eigenvalue weighted by Crippen LogP contribution is 2.20. The third kappa shape index (κ3) is 3.31. The van der Waals surface area contributed by atoms with Crippen LogP contribution in [-0.2, 0) is 0 Å². The lowest BCUT2D eigenvalue weighted by atomic mass is 10.2. The van der Waals surface area contributed by atoms with Crippen LogP contribution in [0.3, 0.4) is 0 Å². The molecule has 0 unspecified atom stereocenters. The molecule has 0 spiro atoms. The van der Waals surface area contributed by atoms with Gasteiger partial charge in [0.05, 0.1) is 11.6 Å². The maximum atomic E-state index is 9.00. The first kappa shape index (κ1) is 15.0. The van der Waals surface area contributed by atoms with Crippen molar-refractivity contribution in [2.75, 3.05) is 55.0 Å². The average Bonchev–Trinajstić information content (AvgIpc) is 2.62. The molecule has 7 heteroatoms. The summed E-state index contributed by atoms with van der Waals surface area (Å²) >= 11 is 0. The van der Waals surface area contributed by atoms with Gasteiger partial charge in [0.2, 0.25) is 0 Å². The molecule has 0 aromatic carbocycles. The number of anilines is 3. The second-order valence-electron chi connectivity index (χ2n) is 5.62. The Labute approximate surface area is 135 Å². The number of rotatable bonds is 3. The average molecular weight is 309 g/mol. The molecular weight excluding hydrogens is 290 g/mol. The zero-order valence-corrected chi connectivity index (χ0v) is 13.3. The van der Waals surface area contributed by atoms with Crippen LogP contribution in [0.15, 0.2) is 30.7 Å². The van der Waals surface area contributed by atoms with Crippen LogP contribution in [0.25, 0.3) is 0 Å². The molecule has 7 nitrogen and oxygen atoms in total. The summed E-state index contributed by atoms with van der Waals surface area (Å²) in [6.07, 6.45) is 3.29. The Hall–Kier alpha value is -2.88. The Morgan fingerprint density at radius 3 is 2.26 bits per heavy atom. The fraction of sp³-hybridized carbons (Fsp3) is 0.375. The number of piperazine rings is 1. The molecule has 3 rings (SSSR count). The number of nitrogens with zero attached hydrogens (tertiary/aromatic N) is 7. The Balaban J connectivity index is 1.68. The van der Waals surface area contributed by atoms with Gasteiger partial charge >= 0.3 is 0 Å². The zero-order chi connectivity index (χ0) is 16.2. The van der Waals surface area contributed by atoms with Crippen molar-refractivity contribution in [3.05, 3.63) is 36.3 Å². The molecule has 0 amide bonds. The Bertz CT molecular complexity index is 714. The number of aromatic nitrogens is 3. The van der Waals surface area contributed by atoms with Crippen LogP contribution in [0.5, 0.6) is 0 Å². The smallest absolute Gasteiger partial charge is 0.134 e. The summed E-state index contributed by atoms with van der Waals surface area (Å²) in [5, 5.41) is 9.00. The van der Waals surface area contributed by atoms with Crippen molar-refractivity contribution in [3.63, 3.8) is 0 Å². The summed E-state index contributed by atoms with van der Waals surface area (Å²) < 4.78 is 0. The standard InChI is InChI=1S/C16H19N7/c1-21(2)14-10-16(20-12-19-14)23-7-5-22(6-8-23)15-9-13(11-17)3-4-18-15/h3-4,9-10,12H,5-8H2,1-2H3. The maximum absolute atomic E-state index is 9.00. The molecule has 118 valence electrons. The third-order valence-electron chi connectivity index (χ3n) is 3.90. The van der Waals surface area contributed by atoms with E-state index in [1.165, 1.54) is 0 Å². The van der Waals surface area contributed by atoms with Gasteiger partial charge in [-0.25, -0.2) is 15.0 Å². The zero-order valence-electron chi connectivity index (χ0n) is 13.3. The molecule has 2 aromatic rings. The summed E-state index contributed by atoms with van der Waals surface area (Å²) in [6.45, 7) is 3.43. The number of pyridine rings is 1. The maximum Gasteiger partial charge on any atom is 0.134 e. The monoisotopic (exact) mass is 309 g/mol. The highest BCUT2D eigenvalue weighted by molar-refractivity contribution is 5.51. The molecule has 23 heavy (non-hydrogen) atoms. The Kier molecular flexibility index (Phi) is 4.24. The lowest BCUT2D eigenvalue weighted by Gasteiger charge is -2.36. The van der Waals surface area contributed by atoms with Crippen LogP contribution in [0, 0.1) is 11.3 Å². The molecule has 1 saturated heterocycles. The van der Waals surface area contributed by atoms with Gasteiger partial charge in [-0.2, -0.15) is 5.26 Å². The van der Waals surface area contributed by atoms with Gasteiger partial charge in [-0.3, -0.25) is 0 Å². The van der Waals surface area contributed by atoms with E-state index >= 15 is 0 Å². The molecule has 0 N–H and O–H groups in total. The molecule has 3 heterocycles. The summed E-state index contributed by atoms with van der Waals surface area (Å²) in [4.78, 5) is 19.4. The quantitative estimate of drug-likeness (QED) is 0.841.